The smallest absolute Gasteiger partial charge is 0.459 e. The van der Waals surface area contributed by atoms with Crippen molar-refractivity contribution in [1.82, 2.24) is 0 Å². The van der Waals surface area contributed by atoms with Gasteiger partial charge in [-0.15, -0.1) is 0 Å². The molecule has 0 saturated heterocycles. The van der Waals surface area contributed by atoms with Gasteiger partial charge in [0.05, 0.1) is 0 Å². The van der Waals surface area contributed by atoms with E-state index in [4.69, 9.17) is 0 Å². The van der Waals surface area contributed by atoms with Crippen molar-refractivity contribution >= 4 is 5.97 Å². The van der Waals surface area contributed by atoms with Gasteiger partial charge < -0.3 is 4.74 Å². The molecule has 186 valence electrons. The molecule has 0 saturated carbocycles. The summed E-state index contributed by atoms with van der Waals surface area (Å²) in [5, 5.41) is 0. The number of carbonyl (C=O) groups is 1. The average Bonchev–Trinajstić information content (AvgIpc) is 2.68. The van der Waals surface area contributed by atoms with Crippen LogP contribution in [0, 0.1) is 0 Å². The largest absolute Gasteiger partial charge is 0.460 e. The molecule has 2 nitrogen and oxygen atoms in total. The molecule has 0 aromatic heterocycles. The molecular formula is C22H37F7O2. The van der Waals surface area contributed by atoms with Gasteiger partial charge in [-0.25, -0.2) is 0 Å². The second-order valence-corrected chi connectivity index (χ2v) is 8.14. The molecule has 0 rings (SSSR count). The van der Waals surface area contributed by atoms with Crippen LogP contribution < -0.4 is 0 Å². The molecule has 0 amide bonds. The van der Waals surface area contributed by atoms with E-state index in [1.165, 1.54) is 57.8 Å². The lowest BCUT2D eigenvalue weighted by Crippen LogP contribution is -2.54. The Morgan fingerprint density at radius 3 is 1.32 bits per heavy atom. The minimum Gasteiger partial charge on any atom is -0.459 e. The number of halogens is 7. The highest BCUT2D eigenvalue weighted by molar-refractivity contribution is 5.69. The van der Waals surface area contributed by atoms with Crippen molar-refractivity contribution in [3.63, 3.8) is 0 Å². The third-order valence-electron chi connectivity index (χ3n) is 5.21. The van der Waals surface area contributed by atoms with Gasteiger partial charge >= 0.3 is 24.0 Å². The molecule has 0 aliphatic heterocycles. The Labute approximate surface area is 181 Å². The fourth-order valence-electron chi connectivity index (χ4n) is 3.18. The predicted molar refractivity (Wildman–Crippen MR) is 106 cm³/mol. The van der Waals surface area contributed by atoms with Gasteiger partial charge in [-0.2, -0.15) is 30.7 Å². The first-order valence-electron chi connectivity index (χ1n) is 11.4. The number of ether oxygens (including phenoxy) is 1. The summed E-state index contributed by atoms with van der Waals surface area (Å²) >= 11 is 0. The zero-order chi connectivity index (χ0) is 23.8. The van der Waals surface area contributed by atoms with Crippen molar-refractivity contribution in [2.24, 2.45) is 0 Å². The van der Waals surface area contributed by atoms with E-state index in [2.05, 4.69) is 11.7 Å². The maximum Gasteiger partial charge on any atom is 0.460 e. The van der Waals surface area contributed by atoms with Crippen molar-refractivity contribution in [3.8, 4) is 0 Å². The molecule has 9 heteroatoms. The van der Waals surface area contributed by atoms with Gasteiger partial charge in [0.2, 0.25) is 0 Å². The molecule has 0 aromatic rings. The Kier molecular flexibility index (Phi) is 15.2. The number of alkyl halides is 7. The van der Waals surface area contributed by atoms with Gasteiger partial charge in [0.15, 0.2) is 6.61 Å². The van der Waals surface area contributed by atoms with Crippen LogP contribution in [0.2, 0.25) is 0 Å². The first-order chi connectivity index (χ1) is 14.5. The second-order valence-electron chi connectivity index (χ2n) is 8.14. The SMILES string of the molecule is CCCCCCCCCCCCCCCCCC(=O)OCC(F)(F)C(F)(F)C(F)(F)F. The number of hydrogen-bond donors (Lipinski definition) is 0. The maximum absolute atomic E-state index is 13.0. The highest BCUT2D eigenvalue weighted by Crippen LogP contribution is 2.46. The Hall–Kier alpha value is -1.02. The third-order valence-corrected chi connectivity index (χ3v) is 5.21. The van der Waals surface area contributed by atoms with E-state index >= 15 is 0 Å². The summed E-state index contributed by atoms with van der Waals surface area (Å²) in [6.07, 6.45) is 9.80. The topological polar surface area (TPSA) is 26.3 Å². The quantitative estimate of drug-likeness (QED) is 0.108. The van der Waals surface area contributed by atoms with Crippen LogP contribution in [0.25, 0.3) is 0 Å². The maximum atomic E-state index is 13.0. The molecular weight excluding hydrogens is 429 g/mol. The average molecular weight is 467 g/mol. The molecule has 0 fully saturated rings. The van der Waals surface area contributed by atoms with Crippen LogP contribution in [0.4, 0.5) is 30.7 Å². The molecule has 0 bridgehead atoms. The van der Waals surface area contributed by atoms with Crippen LogP contribution in [0.5, 0.6) is 0 Å². The molecule has 0 aliphatic carbocycles. The van der Waals surface area contributed by atoms with Gasteiger partial charge in [-0.05, 0) is 6.42 Å². The van der Waals surface area contributed by atoms with Crippen molar-refractivity contribution in [2.75, 3.05) is 6.61 Å². The summed E-state index contributed by atoms with van der Waals surface area (Å²) in [6.45, 7) is -0.0904. The van der Waals surface area contributed by atoms with E-state index in [0.717, 1.165) is 25.7 Å². The van der Waals surface area contributed by atoms with E-state index in [-0.39, 0.29) is 6.42 Å². The number of esters is 1. The van der Waals surface area contributed by atoms with Gasteiger partial charge in [0, 0.05) is 6.42 Å². The second kappa shape index (κ2) is 15.7. The molecule has 0 heterocycles. The van der Waals surface area contributed by atoms with Crippen LogP contribution in [0.1, 0.15) is 110 Å². The van der Waals surface area contributed by atoms with Crippen LogP contribution in [-0.2, 0) is 9.53 Å². The highest BCUT2D eigenvalue weighted by Gasteiger charge is 2.73. The minimum absolute atomic E-state index is 0.286. The Balaban J connectivity index is 3.61. The Morgan fingerprint density at radius 1 is 0.613 bits per heavy atom. The summed E-state index contributed by atoms with van der Waals surface area (Å²) in [7, 11) is 0. The van der Waals surface area contributed by atoms with Crippen molar-refractivity contribution < 1.29 is 40.3 Å². The normalized spacial score (nSPS) is 12.9. The zero-order valence-corrected chi connectivity index (χ0v) is 18.5. The number of unbranched alkanes of at least 4 members (excludes halogenated alkanes) is 14. The zero-order valence-electron chi connectivity index (χ0n) is 18.5. The summed E-state index contributed by atoms with van der Waals surface area (Å²) in [6, 6.07) is 0. The van der Waals surface area contributed by atoms with E-state index < -0.39 is 30.6 Å². The number of hydrogen-bond acceptors (Lipinski definition) is 2. The predicted octanol–water partition coefficient (Wildman–Crippen LogP) is 8.62. The number of carbonyl (C=O) groups excluding carboxylic acids is 1. The first kappa shape index (κ1) is 30.0. The van der Waals surface area contributed by atoms with Gasteiger partial charge in [0.25, 0.3) is 0 Å². The van der Waals surface area contributed by atoms with Gasteiger partial charge in [0.1, 0.15) is 0 Å². The third kappa shape index (κ3) is 13.2. The fourth-order valence-corrected chi connectivity index (χ4v) is 3.18. The lowest BCUT2D eigenvalue weighted by molar-refractivity contribution is -0.359. The Bertz CT molecular complexity index is 465. The molecule has 0 radical (unpaired) electrons. The van der Waals surface area contributed by atoms with Crippen LogP contribution >= 0.6 is 0 Å². The lowest BCUT2D eigenvalue weighted by Gasteiger charge is -2.27. The highest BCUT2D eigenvalue weighted by atomic mass is 19.4. The molecule has 0 atom stereocenters. The molecule has 0 N–H and O–H groups in total. The summed E-state index contributed by atoms with van der Waals surface area (Å²) < 4.78 is 91.4. The van der Waals surface area contributed by atoms with Crippen molar-refractivity contribution in [2.45, 2.75) is 128 Å². The van der Waals surface area contributed by atoms with E-state index in [9.17, 15) is 35.5 Å². The molecule has 0 unspecified atom stereocenters. The molecule has 0 aromatic carbocycles. The van der Waals surface area contributed by atoms with Crippen molar-refractivity contribution in [3.05, 3.63) is 0 Å². The van der Waals surface area contributed by atoms with Gasteiger partial charge in [-0.1, -0.05) is 96.8 Å². The summed E-state index contributed by atoms with van der Waals surface area (Å²) in [5.41, 5.74) is 0. The van der Waals surface area contributed by atoms with E-state index in [0.29, 0.717) is 12.8 Å². The van der Waals surface area contributed by atoms with Crippen LogP contribution in [0.15, 0.2) is 0 Å². The summed E-state index contributed by atoms with van der Waals surface area (Å²) in [4.78, 5) is 11.3. The van der Waals surface area contributed by atoms with Crippen molar-refractivity contribution in [1.29, 1.82) is 0 Å². The molecule has 0 spiro atoms. The van der Waals surface area contributed by atoms with Gasteiger partial charge in [-0.3, -0.25) is 4.79 Å². The van der Waals surface area contributed by atoms with E-state index in [1.54, 1.807) is 0 Å². The molecule has 0 aliphatic rings. The lowest BCUT2D eigenvalue weighted by atomic mass is 10.0. The summed E-state index contributed by atoms with van der Waals surface area (Å²) in [5.74, 6) is -13.0. The van der Waals surface area contributed by atoms with E-state index in [1.807, 2.05) is 0 Å². The minimum atomic E-state index is -6.42. The fraction of sp³-hybridized carbons (Fsp3) is 0.955. The first-order valence-corrected chi connectivity index (χ1v) is 11.4. The standard InChI is InChI=1S/C22H37F7O2/c1-2-3-4-5-6-7-8-9-10-11-12-13-14-15-16-17-19(30)31-18-20(23,24)21(25,26)22(27,28)29/h2-18H2,1H3. The molecule has 31 heavy (non-hydrogen) atoms. The van der Waals surface area contributed by atoms with Crippen LogP contribution in [-0.4, -0.2) is 30.6 Å². The Morgan fingerprint density at radius 2 is 0.968 bits per heavy atom. The monoisotopic (exact) mass is 466 g/mol. The number of rotatable bonds is 19. The van der Waals surface area contributed by atoms with Crippen LogP contribution in [0.3, 0.4) is 0 Å².